The van der Waals surface area contributed by atoms with Gasteiger partial charge in [-0.3, -0.25) is 4.79 Å². The molecule has 2 N–H and O–H groups in total. The number of methoxy groups -OCH3 is 2. The minimum Gasteiger partial charge on any atom is -0.497 e. The van der Waals surface area contributed by atoms with Crippen LogP contribution in [-0.2, 0) is 6.54 Å². The number of nitrogens with zero attached hydrogens (tertiary/aromatic N) is 1. The normalized spacial score (nSPS) is 11.7. The molecule has 0 radical (unpaired) electrons. The first-order chi connectivity index (χ1) is 9.35. The molecular formula is C15H20N2O3. The number of fused-ring (bicyclic) bond motifs is 1. The summed E-state index contributed by atoms with van der Waals surface area (Å²) in [5.41, 5.74) is 5.43. The zero-order valence-corrected chi connectivity index (χ0v) is 12.3. The van der Waals surface area contributed by atoms with Crippen LogP contribution < -0.4 is 20.8 Å². The first kappa shape index (κ1) is 14.4. The maximum absolute atomic E-state index is 12.5. The highest BCUT2D eigenvalue weighted by molar-refractivity contribution is 5.89. The zero-order chi connectivity index (χ0) is 14.9. The maximum atomic E-state index is 12.5. The summed E-state index contributed by atoms with van der Waals surface area (Å²) in [5, 5.41) is 1.33. The lowest BCUT2D eigenvalue weighted by Crippen LogP contribution is -2.40. The lowest BCUT2D eigenvalue weighted by molar-refractivity contribution is 0.397. The molecule has 0 fully saturated rings. The average molecular weight is 276 g/mol. The molecule has 5 heteroatoms. The summed E-state index contributed by atoms with van der Waals surface area (Å²) in [6, 6.07) is 5.35. The number of aromatic nitrogens is 1. The van der Waals surface area contributed by atoms with Crippen LogP contribution in [0.25, 0.3) is 10.8 Å². The molecule has 1 heterocycles. The Balaban J connectivity index is 2.68. The summed E-state index contributed by atoms with van der Waals surface area (Å²) in [7, 11) is 3.13. The third-order valence-corrected chi connectivity index (χ3v) is 3.06. The molecule has 0 saturated heterocycles. The molecule has 0 aliphatic rings. The van der Waals surface area contributed by atoms with Crippen LogP contribution in [0, 0.1) is 0 Å². The van der Waals surface area contributed by atoms with E-state index in [1.807, 2.05) is 19.9 Å². The number of ether oxygens (including phenoxy) is 2. The maximum Gasteiger partial charge on any atom is 0.258 e. The Morgan fingerprint density at radius 3 is 2.45 bits per heavy atom. The molecule has 1 aromatic carbocycles. The minimum atomic E-state index is -0.458. The van der Waals surface area contributed by atoms with E-state index in [1.54, 1.807) is 37.1 Å². The summed E-state index contributed by atoms with van der Waals surface area (Å²) in [5.74, 6) is 1.21. The quantitative estimate of drug-likeness (QED) is 0.924. The van der Waals surface area contributed by atoms with Crippen molar-refractivity contribution in [1.29, 1.82) is 0 Å². The predicted octanol–water partition coefficient (Wildman–Crippen LogP) is 1.76. The van der Waals surface area contributed by atoms with Crippen LogP contribution in [-0.4, -0.2) is 24.3 Å². The number of rotatable bonds is 4. The Morgan fingerprint density at radius 2 is 1.90 bits per heavy atom. The molecular weight excluding hydrogens is 256 g/mol. The fraction of sp³-hybridized carbons (Fsp3) is 0.400. The first-order valence-electron chi connectivity index (χ1n) is 6.40. The number of hydrogen-bond acceptors (Lipinski definition) is 4. The molecule has 0 spiro atoms. The third kappa shape index (κ3) is 2.77. The molecule has 108 valence electrons. The molecule has 0 aliphatic carbocycles. The van der Waals surface area contributed by atoms with Gasteiger partial charge < -0.3 is 19.8 Å². The van der Waals surface area contributed by atoms with Crippen LogP contribution in [0.1, 0.15) is 13.8 Å². The fourth-order valence-corrected chi connectivity index (χ4v) is 2.19. The number of benzene rings is 1. The van der Waals surface area contributed by atoms with E-state index in [-0.39, 0.29) is 5.56 Å². The van der Waals surface area contributed by atoms with Crippen LogP contribution >= 0.6 is 0 Å². The minimum absolute atomic E-state index is 0.0989. The molecule has 2 aromatic rings. The lowest BCUT2D eigenvalue weighted by Gasteiger charge is -2.20. The molecule has 0 unspecified atom stereocenters. The summed E-state index contributed by atoms with van der Waals surface area (Å²) >= 11 is 0. The second-order valence-corrected chi connectivity index (χ2v) is 5.53. The van der Waals surface area contributed by atoms with Crippen molar-refractivity contribution in [3.8, 4) is 11.5 Å². The second kappa shape index (κ2) is 5.17. The number of hydrogen-bond donors (Lipinski definition) is 1. The van der Waals surface area contributed by atoms with Gasteiger partial charge in [0, 0.05) is 29.7 Å². The van der Waals surface area contributed by atoms with E-state index in [9.17, 15) is 4.79 Å². The van der Waals surface area contributed by atoms with Gasteiger partial charge in [-0.05, 0) is 26.0 Å². The highest BCUT2D eigenvalue weighted by atomic mass is 16.5. The van der Waals surface area contributed by atoms with Crippen LogP contribution in [0.4, 0.5) is 0 Å². The molecule has 0 saturated carbocycles. The zero-order valence-electron chi connectivity index (χ0n) is 12.3. The van der Waals surface area contributed by atoms with Crippen LogP contribution in [0.3, 0.4) is 0 Å². The van der Waals surface area contributed by atoms with Gasteiger partial charge in [0.2, 0.25) is 0 Å². The number of nitrogens with two attached hydrogens (primary N) is 1. The monoisotopic (exact) mass is 276 g/mol. The van der Waals surface area contributed by atoms with E-state index in [2.05, 4.69) is 0 Å². The predicted molar refractivity (Wildman–Crippen MR) is 79.6 cm³/mol. The summed E-state index contributed by atoms with van der Waals surface area (Å²) in [6.45, 7) is 4.22. The van der Waals surface area contributed by atoms with Crippen molar-refractivity contribution in [1.82, 2.24) is 4.57 Å². The van der Waals surface area contributed by atoms with Gasteiger partial charge in [-0.15, -0.1) is 0 Å². The van der Waals surface area contributed by atoms with Crippen LogP contribution in [0.5, 0.6) is 11.5 Å². The summed E-state index contributed by atoms with van der Waals surface area (Å²) in [6.07, 6.45) is 1.74. The summed E-state index contributed by atoms with van der Waals surface area (Å²) in [4.78, 5) is 12.5. The smallest absolute Gasteiger partial charge is 0.258 e. The van der Waals surface area contributed by atoms with Gasteiger partial charge in [-0.2, -0.15) is 0 Å². The van der Waals surface area contributed by atoms with E-state index in [1.165, 1.54) is 0 Å². The Bertz CT molecular complexity index is 684. The standard InChI is InChI=1S/C15H20N2O3/c1-15(2,16)9-17-6-5-11-12(14(17)18)7-10(19-3)8-13(11)20-4/h5-8H,9,16H2,1-4H3. The van der Waals surface area contributed by atoms with E-state index in [0.717, 1.165) is 5.39 Å². The van der Waals surface area contributed by atoms with Crippen molar-refractivity contribution in [2.45, 2.75) is 25.9 Å². The van der Waals surface area contributed by atoms with Gasteiger partial charge in [-0.1, -0.05) is 0 Å². The van der Waals surface area contributed by atoms with Crippen molar-refractivity contribution < 1.29 is 9.47 Å². The summed E-state index contributed by atoms with van der Waals surface area (Å²) < 4.78 is 12.1. The van der Waals surface area contributed by atoms with Crippen LogP contribution in [0.15, 0.2) is 29.2 Å². The number of pyridine rings is 1. The van der Waals surface area contributed by atoms with Gasteiger partial charge in [0.1, 0.15) is 11.5 Å². The molecule has 1 aromatic heterocycles. The average Bonchev–Trinajstić information content (AvgIpc) is 2.39. The highest BCUT2D eigenvalue weighted by Crippen LogP contribution is 2.29. The van der Waals surface area contributed by atoms with E-state index >= 15 is 0 Å². The van der Waals surface area contributed by atoms with Crippen molar-refractivity contribution in [2.24, 2.45) is 5.73 Å². The van der Waals surface area contributed by atoms with Gasteiger partial charge in [0.25, 0.3) is 5.56 Å². The Hall–Kier alpha value is -2.01. The van der Waals surface area contributed by atoms with Gasteiger partial charge >= 0.3 is 0 Å². The van der Waals surface area contributed by atoms with Gasteiger partial charge in [-0.25, -0.2) is 0 Å². The van der Waals surface area contributed by atoms with Crippen molar-refractivity contribution in [3.05, 3.63) is 34.7 Å². The van der Waals surface area contributed by atoms with E-state index in [4.69, 9.17) is 15.2 Å². The lowest BCUT2D eigenvalue weighted by atomic mass is 10.1. The molecule has 2 rings (SSSR count). The fourth-order valence-electron chi connectivity index (χ4n) is 2.19. The van der Waals surface area contributed by atoms with Gasteiger partial charge in [0.05, 0.1) is 19.6 Å². The molecule has 0 amide bonds. The first-order valence-corrected chi connectivity index (χ1v) is 6.40. The molecule has 0 bridgehead atoms. The Kier molecular flexibility index (Phi) is 3.72. The highest BCUT2D eigenvalue weighted by Gasteiger charge is 2.15. The third-order valence-electron chi connectivity index (χ3n) is 3.06. The topological polar surface area (TPSA) is 66.5 Å². The Labute approximate surface area is 117 Å². The van der Waals surface area contributed by atoms with Crippen molar-refractivity contribution in [3.63, 3.8) is 0 Å². The molecule has 0 aliphatic heterocycles. The van der Waals surface area contributed by atoms with Crippen molar-refractivity contribution in [2.75, 3.05) is 14.2 Å². The Morgan fingerprint density at radius 1 is 1.20 bits per heavy atom. The molecule has 5 nitrogen and oxygen atoms in total. The van der Waals surface area contributed by atoms with Crippen LogP contribution in [0.2, 0.25) is 0 Å². The second-order valence-electron chi connectivity index (χ2n) is 5.53. The molecule has 20 heavy (non-hydrogen) atoms. The molecule has 0 atom stereocenters. The SMILES string of the molecule is COc1cc(OC)c2ccn(CC(C)(C)N)c(=O)c2c1. The van der Waals surface area contributed by atoms with E-state index in [0.29, 0.717) is 23.4 Å². The largest absolute Gasteiger partial charge is 0.497 e. The van der Waals surface area contributed by atoms with Gasteiger partial charge in [0.15, 0.2) is 0 Å². The van der Waals surface area contributed by atoms with Crippen molar-refractivity contribution >= 4 is 10.8 Å². The van der Waals surface area contributed by atoms with E-state index < -0.39 is 5.54 Å².